The van der Waals surface area contributed by atoms with Gasteiger partial charge in [-0.05, 0) is 19.8 Å². The van der Waals surface area contributed by atoms with Crippen LogP contribution >= 0.6 is 0 Å². The minimum absolute atomic E-state index is 0.0328. The summed E-state index contributed by atoms with van der Waals surface area (Å²) < 4.78 is 0. The maximum Gasteiger partial charge on any atom is 0.310 e. The molecule has 0 aromatic carbocycles. The van der Waals surface area contributed by atoms with Crippen molar-refractivity contribution in [1.82, 2.24) is 5.32 Å². The number of carbonyl (C=O) groups is 2. The summed E-state index contributed by atoms with van der Waals surface area (Å²) in [6.45, 7) is 6.98. The van der Waals surface area contributed by atoms with E-state index in [1.807, 2.05) is 0 Å². The van der Waals surface area contributed by atoms with E-state index in [0.717, 1.165) is 0 Å². The van der Waals surface area contributed by atoms with Gasteiger partial charge in [-0.2, -0.15) is 0 Å². The Balaban J connectivity index is 4.55. The van der Waals surface area contributed by atoms with Crippen LogP contribution in [0, 0.1) is 23.7 Å². The highest BCUT2D eigenvalue weighted by atomic mass is 16.4. The van der Waals surface area contributed by atoms with Crippen molar-refractivity contribution in [2.24, 2.45) is 11.3 Å². The molecule has 0 bridgehead atoms. The van der Waals surface area contributed by atoms with Crippen LogP contribution in [0.3, 0.4) is 0 Å². The van der Waals surface area contributed by atoms with Crippen molar-refractivity contribution in [3.8, 4) is 12.3 Å². The highest BCUT2D eigenvalue weighted by Gasteiger charge is 2.38. The molecule has 0 heterocycles. The third-order valence-electron chi connectivity index (χ3n) is 3.12. The van der Waals surface area contributed by atoms with E-state index >= 15 is 0 Å². The molecule has 4 heteroatoms. The molecule has 0 radical (unpaired) electrons. The molecule has 2 N–H and O–H groups in total. The first-order valence-electron chi connectivity index (χ1n) is 5.70. The van der Waals surface area contributed by atoms with Gasteiger partial charge in [0.2, 0.25) is 5.91 Å². The van der Waals surface area contributed by atoms with E-state index < -0.39 is 11.4 Å². The Bertz CT molecular complexity index is 330. The molecule has 0 fully saturated rings. The molecule has 17 heavy (non-hydrogen) atoms. The van der Waals surface area contributed by atoms with Crippen molar-refractivity contribution in [2.45, 2.75) is 46.6 Å². The molecule has 0 saturated carbocycles. The summed E-state index contributed by atoms with van der Waals surface area (Å²) in [7, 11) is 0. The Morgan fingerprint density at radius 2 is 1.94 bits per heavy atom. The number of hydrogen-bond acceptors (Lipinski definition) is 2. The van der Waals surface area contributed by atoms with Crippen LogP contribution in [0.4, 0.5) is 0 Å². The van der Waals surface area contributed by atoms with E-state index in [9.17, 15) is 14.7 Å². The fourth-order valence-corrected chi connectivity index (χ4v) is 1.41. The van der Waals surface area contributed by atoms with Crippen LogP contribution in [-0.4, -0.2) is 23.0 Å². The fraction of sp³-hybridized carbons (Fsp3) is 0.692. The minimum Gasteiger partial charge on any atom is -0.481 e. The number of carbonyl (C=O) groups excluding carboxylic acids is 1. The summed E-state index contributed by atoms with van der Waals surface area (Å²) in [5, 5.41) is 11.9. The average Bonchev–Trinajstić information content (AvgIpc) is 2.16. The van der Waals surface area contributed by atoms with Crippen LogP contribution in [0.5, 0.6) is 0 Å². The molecule has 0 aromatic rings. The number of hydrogen-bond donors (Lipinski definition) is 2. The zero-order valence-corrected chi connectivity index (χ0v) is 10.9. The van der Waals surface area contributed by atoms with Crippen LogP contribution in [0.2, 0.25) is 0 Å². The minimum atomic E-state index is -1.04. The number of rotatable bonds is 6. The second-order valence-electron chi connectivity index (χ2n) is 4.93. The summed E-state index contributed by atoms with van der Waals surface area (Å²) in [5.74, 6) is 1.11. The van der Waals surface area contributed by atoms with Gasteiger partial charge in [0.25, 0.3) is 0 Å². The molecule has 0 rings (SSSR count). The number of nitrogens with one attached hydrogen (secondary N) is 1. The Morgan fingerprint density at radius 1 is 1.41 bits per heavy atom. The summed E-state index contributed by atoms with van der Waals surface area (Å²) >= 11 is 0. The topological polar surface area (TPSA) is 66.4 Å². The van der Waals surface area contributed by atoms with Crippen molar-refractivity contribution in [2.75, 3.05) is 0 Å². The highest BCUT2D eigenvalue weighted by Crippen LogP contribution is 2.31. The lowest BCUT2D eigenvalue weighted by atomic mass is 9.76. The van der Waals surface area contributed by atoms with Crippen LogP contribution in [0.15, 0.2) is 0 Å². The third-order valence-corrected chi connectivity index (χ3v) is 3.12. The lowest BCUT2D eigenvalue weighted by Gasteiger charge is -2.28. The molecule has 0 spiro atoms. The van der Waals surface area contributed by atoms with Gasteiger partial charge in [0.05, 0.1) is 5.41 Å². The first-order chi connectivity index (χ1) is 7.74. The van der Waals surface area contributed by atoms with E-state index in [1.54, 1.807) is 27.7 Å². The van der Waals surface area contributed by atoms with Gasteiger partial charge in [-0.3, -0.25) is 9.59 Å². The van der Waals surface area contributed by atoms with Gasteiger partial charge in [0.15, 0.2) is 0 Å². The molecule has 1 amide bonds. The number of aliphatic carboxylic acids is 1. The van der Waals surface area contributed by atoms with E-state index in [1.165, 1.54) is 0 Å². The van der Waals surface area contributed by atoms with Crippen LogP contribution in [0.1, 0.15) is 40.5 Å². The lowest BCUT2D eigenvalue weighted by Crippen LogP contribution is -2.41. The van der Waals surface area contributed by atoms with Crippen molar-refractivity contribution in [3.63, 3.8) is 0 Å². The van der Waals surface area contributed by atoms with Gasteiger partial charge in [-0.1, -0.05) is 13.8 Å². The average molecular weight is 239 g/mol. The molecule has 0 aliphatic heterocycles. The number of terminal acetylenes is 1. The van der Waals surface area contributed by atoms with Gasteiger partial charge >= 0.3 is 5.97 Å². The fourth-order valence-electron chi connectivity index (χ4n) is 1.41. The molecule has 96 valence electrons. The Labute approximate surface area is 103 Å². The molecular formula is C13H21NO3. The molecule has 2 atom stereocenters. The number of carboxylic acid groups (broad SMARTS) is 1. The molecule has 2 unspecified atom stereocenters. The van der Waals surface area contributed by atoms with Gasteiger partial charge in [-0.15, -0.1) is 12.3 Å². The van der Waals surface area contributed by atoms with E-state index in [0.29, 0.717) is 6.42 Å². The first-order valence-corrected chi connectivity index (χ1v) is 5.70. The second kappa shape index (κ2) is 6.29. The zero-order valence-electron chi connectivity index (χ0n) is 10.9. The van der Waals surface area contributed by atoms with E-state index in [4.69, 9.17) is 6.42 Å². The second-order valence-corrected chi connectivity index (χ2v) is 4.93. The largest absolute Gasteiger partial charge is 0.481 e. The van der Waals surface area contributed by atoms with Crippen molar-refractivity contribution < 1.29 is 14.7 Å². The van der Waals surface area contributed by atoms with E-state index in [-0.39, 0.29) is 24.3 Å². The van der Waals surface area contributed by atoms with Crippen LogP contribution < -0.4 is 5.32 Å². The molecule has 4 nitrogen and oxygen atoms in total. The van der Waals surface area contributed by atoms with Crippen LogP contribution in [-0.2, 0) is 9.59 Å². The predicted octanol–water partition coefficient (Wildman–Crippen LogP) is 1.65. The molecule has 0 aliphatic carbocycles. The molecule has 0 saturated heterocycles. The molecular weight excluding hydrogens is 218 g/mol. The third kappa shape index (κ3) is 4.48. The lowest BCUT2D eigenvalue weighted by molar-refractivity contribution is -0.153. The summed E-state index contributed by atoms with van der Waals surface area (Å²) in [5.41, 5.74) is -1.04. The number of carboxylic acids is 1. The summed E-state index contributed by atoms with van der Waals surface area (Å²) in [6.07, 6.45) is 5.54. The maximum atomic E-state index is 11.7. The Morgan fingerprint density at radius 3 is 2.29 bits per heavy atom. The monoisotopic (exact) mass is 239 g/mol. The zero-order chi connectivity index (χ0) is 13.6. The smallest absolute Gasteiger partial charge is 0.310 e. The summed E-state index contributed by atoms with van der Waals surface area (Å²) in [4.78, 5) is 22.9. The van der Waals surface area contributed by atoms with Crippen LogP contribution in [0.25, 0.3) is 0 Å². The van der Waals surface area contributed by atoms with Gasteiger partial charge in [0, 0.05) is 18.9 Å². The molecule has 0 aliphatic rings. The van der Waals surface area contributed by atoms with Crippen molar-refractivity contribution >= 4 is 11.9 Å². The van der Waals surface area contributed by atoms with Crippen molar-refractivity contribution in [1.29, 1.82) is 0 Å². The Hall–Kier alpha value is -1.50. The summed E-state index contributed by atoms with van der Waals surface area (Å²) in [6, 6.07) is -0.127. The number of amides is 1. The first kappa shape index (κ1) is 15.5. The quantitative estimate of drug-likeness (QED) is 0.693. The van der Waals surface area contributed by atoms with E-state index in [2.05, 4.69) is 11.2 Å². The van der Waals surface area contributed by atoms with Crippen molar-refractivity contribution in [3.05, 3.63) is 0 Å². The maximum absolute atomic E-state index is 11.7. The SMILES string of the molecule is C#CCC(C)NC(=O)CC(C)(C(=O)O)C(C)C. The van der Waals surface area contributed by atoms with Gasteiger partial charge < -0.3 is 10.4 Å². The van der Waals surface area contributed by atoms with Gasteiger partial charge in [0.1, 0.15) is 0 Å². The predicted molar refractivity (Wildman–Crippen MR) is 66.3 cm³/mol. The standard InChI is InChI=1S/C13H21NO3/c1-6-7-10(4)14-11(15)8-13(5,9(2)3)12(16)17/h1,9-10H,7-8H2,2-5H3,(H,14,15)(H,16,17). The normalized spacial score (nSPS) is 15.8. The Kier molecular flexibility index (Phi) is 5.73. The highest BCUT2D eigenvalue weighted by molar-refractivity contribution is 5.85. The molecule has 0 aromatic heterocycles. The van der Waals surface area contributed by atoms with Gasteiger partial charge in [-0.25, -0.2) is 0 Å².